The lowest BCUT2D eigenvalue weighted by molar-refractivity contribution is 0.392. The zero-order chi connectivity index (χ0) is 14.5. The van der Waals surface area contributed by atoms with E-state index in [1.165, 1.54) is 12.5 Å². The van der Waals surface area contributed by atoms with Crippen LogP contribution in [0.3, 0.4) is 0 Å². The highest BCUT2D eigenvalue weighted by atomic mass is 32.2. The van der Waals surface area contributed by atoms with Gasteiger partial charge in [0.1, 0.15) is 0 Å². The van der Waals surface area contributed by atoms with Gasteiger partial charge in [-0.25, -0.2) is 18.1 Å². The first-order valence-corrected chi connectivity index (χ1v) is 8.19. The number of aryl methyl sites for hydroxylation is 1. The number of nitrogens with one attached hydrogen (secondary N) is 1. The Morgan fingerprint density at radius 1 is 1.37 bits per heavy atom. The summed E-state index contributed by atoms with van der Waals surface area (Å²) >= 11 is 0. The van der Waals surface area contributed by atoms with Gasteiger partial charge in [0.2, 0.25) is 0 Å². The molecule has 0 aliphatic heterocycles. The molecule has 110 valence electrons. The van der Waals surface area contributed by atoms with Crippen molar-refractivity contribution in [2.24, 2.45) is 11.7 Å². The number of nitrogens with two attached hydrogens (primary N) is 1. The zero-order valence-corrected chi connectivity index (χ0v) is 12.7. The van der Waals surface area contributed by atoms with Crippen molar-refractivity contribution in [2.45, 2.75) is 51.2 Å². The van der Waals surface area contributed by atoms with Crippen LogP contribution in [0.4, 0.5) is 0 Å². The van der Waals surface area contributed by atoms with Crippen molar-refractivity contribution >= 4 is 10.0 Å². The molecule has 0 bridgehead atoms. The third-order valence-corrected chi connectivity index (χ3v) is 4.72. The van der Waals surface area contributed by atoms with Crippen LogP contribution in [0.2, 0.25) is 0 Å². The Bertz CT molecular complexity index is 480. The first-order valence-electron chi connectivity index (χ1n) is 6.71. The van der Waals surface area contributed by atoms with Crippen LogP contribution in [0.15, 0.2) is 17.6 Å². The van der Waals surface area contributed by atoms with E-state index in [1.54, 1.807) is 4.57 Å². The van der Waals surface area contributed by atoms with Crippen LogP contribution >= 0.6 is 0 Å². The smallest absolute Gasteiger partial charge is 0.259 e. The lowest BCUT2D eigenvalue weighted by Crippen LogP contribution is -2.41. The molecule has 19 heavy (non-hydrogen) atoms. The highest BCUT2D eigenvalue weighted by molar-refractivity contribution is 7.89. The second-order valence-electron chi connectivity index (χ2n) is 4.63. The Balaban J connectivity index is 2.65. The number of hydrogen-bond acceptors (Lipinski definition) is 4. The molecule has 6 nitrogen and oxygen atoms in total. The van der Waals surface area contributed by atoms with Crippen LogP contribution in [-0.2, 0) is 16.6 Å². The summed E-state index contributed by atoms with van der Waals surface area (Å²) in [5, 5.41) is 0.0473. The molecule has 1 rings (SSSR count). The van der Waals surface area contributed by atoms with Gasteiger partial charge in [-0.15, -0.1) is 0 Å². The van der Waals surface area contributed by atoms with Gasteiger partial charge in [0.15, 0.2) is 5.03 Å². The van der Waals surface area contributed by atoms with Gasteiger partial charge in [-0.2, -0.15) is 0 Å². The van der Waals surface area contributed by atoms with Crippen molar-refractivity contribution in [3.8, 4) is 0 Å². The van der Waals surface area contributed by atoms with Gasteiger partial charge < -0.3 is 10.3 Å². The van der Waals surface area contributed by atoms with Gasteiger partial charge in [0, 0.05) is 25.3 Å². The average molecular weight is 288 g/mol. The normalized spacial score (nSPS) is 13.9. The molecule has 0 spiro atoms. The minimum atomic E-state index is -3.56. The van der Waals surface area contributed by atoms with E-state index in [1.807, 2.05) is 6.92 Å². The summed E-state index contributed by atoms with van der Waals surface area (Å²) in [6, 6.07) is -0.168. The van der Waals surface area contributed by atoms with Gasteiger partial charge in [-0.05, 0) is 12.8 Å². The molecule has 1 atom stereocenters. The molecule has 1 aromatic heterocycles. The number of nitrogens with zero attached hydrogens (tertiary/aromatic N) is 2. The zero-order valence-electron chi connectivity index (χ0n) is 11.8. The van der Waals surface area contributed by atoms with E-state index in [9.17, 15) is 8.42 Å². The molecule has 3 N–H and O–H groups in total. The van der Waals surface area contributed by atoms with E-state index in [-0.39, 0.29) is 17.6 Å². The van der Waals surface area contributed by atoms with E-state index < -0.39 is 10.0 Å². The van der Waals surface area contributed by atoms with Crippen LogP contribution in [0.25, 0.3) is 0 Å². The van der Waals surface area contributed by atoms with Crippen LogP contribution in [0, 0.1) is 5.92 Å². The van der Waals surface area contributed by atoms with Crippen molar-refractivity contribution in [1.29, 1.82) is 0 Å². The minimum absolute atomic E-state index is 0.0473. The topological polar surface area (TPSA) is 90.0 Å². The molecule has 0 saturated heterocycles. The number of imidazole rings is 1. The number of rotatable bonds is 8. The monoisotopic (exact) mass is 288 g/mol. The third-order valence-electron chi connectivity index (χ3n) is 3.41. The lowest BCUT2D eigenvalue weighted by atomic mass is 9.95. The number of hydrogen-bond donors (Lipinski definition) is 2. The second-order valence-corrected chi connectivity index (χ2v) is 6.35. The molecule has 0 aliphatic rings. The third kappa shape index (κ3) is 4.29. The van der Waals surface area contributed by atoms with Crippen LogP contribution in [-0.4, -0.2) is 30.6 Å². The van der Waals surface area contributed by atoms with Gasteiger partial charge in [0.25, 0.3) is 10.0 Å². The number of aromatic nitrogens is 2. The fourth-order valence-electron chi connectivity index (χ4n) is 1.99. The second kappa shape index (κ2) is 7.02. The van der Waals surface area contributed by atoms with Gasteiger partial charge in [-0.3, -0.25) is 0 Å². The quantitative estimate of drug-likeness (QED) is 0.745. The van der Waals surface area contributed by atoms with Crippen LogP contribution < -0.4 is 10.5 Å². The van der Waals surface area contributed by atoms with E-state index in [0.29, 0.717) is 12.5 Å². The maximum Gasteiger partial charge on any atom is 0.259 e. The average Bonchev–Trinajstić information content (AvgIpc) is 2.87. The van der Waals surface area contributed by atoms with Crippen molar-refractivity contribution in [1.82, 2.24) is 14.3 Å². The Labute approximate surface area is 115 Å². The lowest BCUT2D eigenvalue weighted by Gasteiger charge is -2.21. The summed E-state index contributed by atoms with van der Waals surface area (Å²) in [6.45, 7) is 6.98. The molecule has 1 heterocycles. The first kappa shape index (κ1) is 16.1. The van der Waals surface area contributed by atoms with Crippen LogP contribution in [0.1, 0.15) is 33.6 Å². The largest absolute Gasteiger partial charge is 0.336 e. The molecular formula is C12H24N4O2S. The molecule has 0 saturated carbocycles. The molecule has 0 aliphatic carbocycles. The Morgan fingerprint density at radius 2 is 2.00 bits per heavy atom. The molecule has 0 radical (unpaired) electrons. The summed E-state index contributed by atoms with van der Waals surface area (Å²) in [5.74, 6) is 0.330. The molecular weight excluding hydrogens is 264 g/mol. The van der Waals surface area contributed by atoms with Crippen LogP contribution in [0.5, 0.6) is 0 Å². The van der Waals surface area contributed by atoms with Crippen molar-refractivity contribution in [2.75, 3.05) is 6.54 Å². The summed E-state index contributed by atoms with van der Waals surface area (Å²) in [6.07, 6.45) is 4.92. The molecule has 0 fully saturated rings. The molecule has 7 heteroatoms. The summed E-state index contributed by atoms with van der Waals surface area (Å²) in [4.78, 5) is 3.89. The minimum Gasteiger partial charge on any atom is -0.336 e. The van der Waals surface area contributed by atoms with E-state index in [4.69, 9.17) is 5.73 Å². The highest BCUT2D eigenvalue weighted by Crippen LogP contribution is 2.12. The van der Waals surface area contributed by atoms with Gasteiger partial charge in [-0.1, -0.05) is 26.7 Å². The Hall–Kier alpha value is -0.920. The van der Waals surface area contributed by atoms with Gasteiger partial charge >= 0.3 is 0 Å². The molecule has 0 aromatic carbocycles. The fourth-order valence-corrected chi connectivity index (χ4v) is 3.01. The SMILES string of the molecule is CCC(CC)C(N)CNS(=O)(=O)c1cn(CC)cn1. The van der Waals surface area contributed by atoms with Gasteiger partial charge in [0.05, 0.1) is 6.33 Å². The Morgan fingerprint density at radius 3 is 2.47 bits per heavy atom. The maximum absolute atomic E-state index is 12.0. The highest BCUT2D eigenvalue weighted by Gasteiger charge is 2.20. The van der Waals surface area contributed by atoms with Crippen molar-refractivity contribution in [3.05, 3.63) is 12.5 Å². The van der Waals surface area contributed by atoms with Crippen molar-refractivity contribution in [3.63, 3.8) is 0 Å². The summed E-state index contributed by atoms with van der Waals surface area (Å²) < 4.78 is 28.3. The van der Waals surface area contributed by atoms with E-state index >= 15 is 0 Å². The Kier molecular flexibility index (Phi) is 5.96. The molecule has 1 aromatic rings. The molecule has 1 unspecified atom stereocenters. The van der Waals surface area contributed by atoms with E-state index in [2.05, 4.69) is 23.6 Å². The predicted octanol–water partition coefficient (Wildman–Crippen LogP) is 0.945. The fraction of sp³-hybridized carbons (Fsp3) is 0.750. The standard InChI is InChI=1S/C12H24N4O2S/c1-4-10(5-2)11(13)7-15-19(17,18)12-8-16(6-3)9-14-12/h8-11,15H,4-7,13H2,1-3H3. The molecule has 0 amide bonds. The maximum atomic E-state index is 12.0. The summed E-state index contributed by atoms with van der Waals surface area (Å²) in [7, 11) is -3.56. The first-order chi connectivity index (χ1) is 8.94. The van der Waals surface area contributed by atoms with E-state index in [0.717, 1.165) is 12.8 Å². The van der Waals surface area contributed by atoms with Crippen molar-refractivity contribution < 1.29 is 8.42 Å². The predicted molar refractivity (Wildman–Crippen MR) is 75.1 cm³/mol. The summed E-state index contributed by atoms with van der Waals surface area (Å²) in [5.41, 5.74) is 6.00. The number of sulfonamides is 1.